The largest absolute Gasteiger partial charge is 0.490 e. The normalized spacial score (nSPS) is 10.1. The molecule has 164 valence electrons. The van der Waals surface area contributed by atoms with E-state index >= 15 is 0 Å². The number of carbonyl (C=O) groups is 2. The molecular weight excluding hydrogens is 396 g/mol. The molecule has 0 bridgehead atoms. The van der Waals surface area contributed by atoms with Crippen molar-refractivity contribution < 1.29 is 28.5 Å². The first kappa shape index (κ1) is 23.7. The predicted octanol–water partition coefficient (Wildman–Crippen LogP) is 4.08. The summed E-state index contributed by atoms with van der Waals surface area (Å²) < 4.78 is 20.8. The van der Waals surface area contributed by atoms with E-state index in [2.05, 4.69) is 13.2 Å². The second-order valence-electron chi connectivity index (χ2n) is 6.58. The van der Waals surface area contributed by atoms with Crippen LogP contribution in [-0.4, -0.2) is 38.4 Å². The second kappa shape index (κ2) is 13.6. The Balaban J connectivity index is 1.63. The van der Waals surface area contributed by atoms with Crippen molar-refractivity contribution in [2.45, 2.75) is 19.3 Å². The number of esters is 2. The maximum absolute atomic E-state index is 11.0. The number of hydrogen-bond donors (Lipinski definition) is 0. The van der Waals surface area contributed by atoms with Gasteiger partial charge in [0.15, 0.2) is 0 Å². The Labute approximate surface area is 183 Å². The zero-order chi connectivity index (χ0) is 22.3. The highest BCUT2D eigenvalue weighted by Crippen LogP contribution is 2.16. The summed E-state index contributed by atoms with van der Waals surface area (Å²) in [7, 11) is 0. The molecule has 0 amide bonds. The number of hydrogen-bond acceptors (Lipinski definition) is 6. The first-order valence-electron chi connectivity index (χ1n) is 10.1. The molecule has 2 aromatic carbocycles. The third-order valence-electron chi connectivity index (χ3n) is 4.30. The summed E-state index contributed by atoms with van der Waals surface area (Å²) in [5, 5.41) is 0. The highest BCUT2D eigenvalue weighted by Gasteiger charge is 2.01. The lowest BCUT2D eigenvalue weighted by Gasteiger charge is -2.08. The van der Waals surface area contributed by atoms with Crippen molar-refractivity contribution in [3.63, 3.8) is 0 Å². The Morgan fingerprint density at radius 2 is 1.03 bits per heavy atom. The SMILES string of the molecule is C=CC(=O)OCCOc1ccc(CCCc2ccc(OCCOC(=O)C=C)cc2)cc1. The van der Waals surface area contributed by atoms with Gasteiger partial charge in [-0.2, -0.15) is 0 Å². The predicted molar refractivity (Wildman–Crippen MR) is 118 cm³/mol. The van der Waals surface area contributed by atoms with Crippen molar-refractivity contribution in [3.8, 4) is 11.5 Å². The first-order chi connectivity index (χ1) is 15.1. The van der Waals surface area contributed by atoms with Crippen molar-refractivity contribution in [1.29, 1.82) is 0 Å². The van der Waals surface area contributed by atoms with Crippen molar-refractivity contribution >= 4 is 11.9 Å². The van der Waals surface area contributed by atoms with E-state index in [-0.39, 0.29) is 13.2 Å². The molecule has 0 heterocycles. The van der Waals surface area contributed by atoms with Crippen molar-refractivity contribution in [2.75, 3.05) is 26.4 Å². The van der Waals surface area contributed by atoms with Gasteiger partial charge >= 0.3 is 11.9 Å². The molecule has 0 aliphatic rings. The quantitative estimate of drug-likeness (QED) is 0.259. The average molecular weight is 424 g/mol. The molecule has 0 N–H and O–H groups in total. The summed E-state index contributed by atoms with van der Waals surface area (Å²) in [6.07, 6.45) is 5.20. The van der Waals surface area contributed by atoms with E-state index in [4.69, 9.17) is 18.9 Å². The van der Waals surface area contributed by atoms with Crippen molar-refractivity contribution in [1.82, 2.24) is 0 Å². The first-order valence-corrected chi connectivity index (χ1v) is 10.1. The molecule has 0 fully saturated rings. The topological polar surface area (TPSA) is 71.1 Å². The summed E-state index contributed by atoms with van der Waals surface area (Å²) in [5.41, 5.74) is 2.47. The van der Waals surface area contributed by atoms with E-state index in [0.717, 1.165) is 42.9 Å². The zero-order valence-corrected chi connectivity index (χ0v) is 17.6. The zero-order valence-electron chi connectivity index (χ0n) is 17.6. The van der Waals surface area contributed by atoms with Crippen LogP contribution in [0.5, 0.6) is 11.5 Å². The fourth-order valence-corrected chi connectivity index (χ4v) is 2.72. The molecule has 0 unspecified atom stereocenters. The molecule has 0 radical (unpaired) electrons. The maximum atomic E-state index is 11.0. The van der Waals surface area contributed by atoms with Crippen LogP contribution in [0.3, 0.4) is 0 Å². The third-order valence-corrected chi connectivity index (χ3v) is 4.30. The molecule has 2 aromatic rings. The van der Waals surface area contributed by atoms with Gasteiger partial charge < -0.3 is 18.9 Å². The fraction of sp³-hybridized carbons (Fsp3) is 0.280. The monoisotopic (exact) mass is 424 g/mol. The van der Waals surface area contributed by atoms with E-state index in [1.807, 2.05) is 48.5 Å². The van der Waals surface area contributed by atoms with Crippen LogP contribution in [-0.2, 0) is 31.9 Å². The lowest BCUT2D eigenvalue weighted by atomic mass is 10.0. The van der Waals surface area contributed by atoms with Gasteiger partial charge in [-0.15, -0.1) is 0 Å². The van der Waals surface area contributed by atoms with Crippen LogP contribution in [0.25, 0.3) is 0 Å². The van der Waals surface area contributed by atoms with Gasteiger partial charge in [0, 0.05) is 12.2 Å². The molecule has 6 nitrogen and oxygen atoms in total. The number of rotatable bonds is 14. The lowest BCUT2D eigenvalue weighted by Crippen LogP contribution is -2.10. The Kier molecular flexibility index (Phi) is 10.4. The summed E-state index contributed by atoms with van der Waals surface area (Å²) in [4.78, 5) is 21.9. The molecule has 0 spiro atoms. The van der Waals surface area contributed by atoms with Crippen LogP contribution in [0.2, 0.25) is 0 Å². The van der Waals surface area contributed by atoms with Gasteiger partial charge in [-0.3, -0.25) is 0 Å². The van der Waals surface area contributed by atoms with E-state index in [9.17, 15) is 9.59 Å². The second-order valence-corrected chi connectivity index (χ2v) is 6.58. The van der Waals surface area contributed by atoms with E-state index < -0.39 is 11.9 Å². The molecule has 0 aliphatic carbocycles. The molecule has 31 heavy (non-hydrogen) atoms. The molecule has 0 aromatic heterocycles. The Morgan fingerprint density at radius 3 is 1.39 bits per heavy atom. The number of carbonyl (C=O) groups excluding carboxylic acids is 2. The molecule has 0 saturated heterocycles. The molecule has 2 rings (SSSR count). The number of ether oxygens (including phenoxy) is 4. The Bertz CT molecular complexity index is 768. The van der Waals surface area contributed by atoms with Gasteiger partial charge in [0.25, 0.3) is 0 Å². The van der Waals surface area contributed by atoms with E-state index in [1.165, 1.54) is 11.1 Å². The maximum Gasteiger partial charge on any atom is 0.330 e. The van der Waals surface area contributed by atoms with Gasteiger partial charge in [0.1, 0.15) is 37.9 Å². The minimum absolute atomic E-state index is 0.194. The van der Waals surface area contributed by atoms with Crippen LogP contribution in [0.4, 0.5) is 0 Å². The smallest absolute Gasteiger partial charge is 0.330 e. The molecule has 0 atom stereocenters. The Morgan fingerprint density at radius 1 is 0.645 bits per heavy atom. The number of benzene rings is 2. The van der Waals surface area contributed by atoms with Crippen molar-refractivity contribution in [2.24, 2.45) is 0 Å². The summed E-state index contributed by atoms with van der Waals surface area (Å²) in [5.74, 6) is 0.585. The fourth-order valence-electron chi connectivity index (χ4n) is 2.72. The minimum Gasteiger partial charge on any atom is -0.490 e. The Hall–Kier alpha value is -3.54. The standard InChI is InChI=1S/C25H28O6/c1-3-24(26)30-18-16-28-22-12-8-20(9-13-22)6-5-7-21-10-14-23(15-11-21)29-17-19-31-25(27)4-2/h3-4,8-15H,1-2,5-7,16-19H2. The third kappa shape index (κ3) is 9.67. The average Bonchev–Trinajstić information content (AvgIpc) is 2.81. The minimum atomic E-state index is -0.451. The van der Waals surface area contributed by atoms with Crippen LogP contribution in [0.15, 0.2) is 73.8 Å². The molecular formula is C25H28O6. The van der Waals surface area contributed by atoms with Crippen LogP contribution in [0, 0.1) is 0 Å². The van der Waals surface area contributed by atoms with Crippen molar-refractivity contribution in [3.05, 3.63) is 85.0 Å². The lowest BCUT2D eigenvalue weighted by molar-refractivity contribution is -0.139. The van der Waals surface area contributed by atoms with Gasteiger partial charge in [-0.05, 0) is 54.7 Å². The van der Waals surface area contributed by atoms with Gasteiger partial charge in [-0.1, -0.05) is 37.4 Å². The van der Waals surface area contributed by atoms with Gasteiger partial charge in [0.2, 0.25) is 0 Å². The summed E-state index contributed by atoms with van der Waals surface area (Å²) in [6.45, 7) is 7.67. The summed E-state index contributed by atoms with van der Waals surface area (Å²) >= 11 is 0. The van der Waals surface area contributed by atoms with Gasteiger partial charge in [0.05, 0.1) is 0 Å². The number of aryl methyl sites for hydroxylation is 2. The van der Waals surface area contributed by atoms with E-state index in [0.29, 0.717) is 13.2 Å². The molecule has 0 saturated carbocycles. The highest BCUT2D eigenvalue weighted by atomic mass is 16.6. The van der Waals surface area contributed by atoms with Gasteiger partial charge in [-0.25, -0.2) is 9.59 Å². The summed E-state index contributed by atoms with van der Waals surface area (Å²) in [6, 6.07) is 15.9. The highest BCUT2D eigenvalue weighted by molar-refractivity contribution is 5.81. The van der Waals surface area contributed by atoms with Crippen LogP contribution < -0.4 is 9.47 Å². The van der Waals surface area contributed by atoms with E-state index in [1.54, 1.807) is 0 Å². The van der Waals surface area contributed by atoms with Crippen LogP contribution >= 0.6 is 0 Å². The van der Waals surface area contributed by atoms with Crippen LogP contribution in [0.1, 0.15) is 17.5 Å². The molecule has 0 aliphatic heterocycles. The molecule has 6 heteroatoms.